The fraction of sp³-hybridized carbons (Fsp3) is 0.364. The summed E-state index contributed by atoms with van der Waals surface area (Å²) < 4.78 is 6.67. The lowest BCUT2D eigenvalue weighted by atomic mass is 10.2. The molecule has 2 aromatic rings. The van der Waals surface area contributed by atoms with Crippen LogP contribution in [0, 0.1) is 32.1 Å². The molecular weight excluding hydrogens is 218 g/mol. The number of anilines is 1. The Kier molecular flexibility index (Phi) is 2.60. The number of aryl methyl sites for hydroxylation is 3. The summed E-state index contributed by atoms with van der Waals surface area (Å²) in [6, 6.07) is 2.05. The highest BCUT2D eigenvalue weighted by molar-refractivity contribution is 5.52. The predicted octanol–water partition coefficient (Wildman–Crippen LogP) is 1.30. The summed E-state index contributed by atoms with van der Waals surface area (Å²) in [5, 5.41) is 17.0. The summed E-state index contributed by atoms with van der Waals surface area (Å²) >= 11 is 0. The normalized spacial score (nSPS) is 10.5. The minimum Gasteiger partial charge on any atom is -0.383 e. The van der Waals surface area contributed by atoms with Gasteiger partial charge in [-0.25, -0.2) is 4.68 Å². The second-order valence-electron chi connectivity index (χ2n) is 3.92. The van der Waals surface area contributed by atoms with Crippen LogP contribution in [-0.4, -0.2) is 14.9 Å². The molecule has 2 aromatic heterocycles. The van der Waals surface area contributed by atoms with Gasteiger partial charge in [-0.05, 0) is 20.8 Å². The van der Waals surface area contributed by atoms with Crippen LogP contribution in [-0.2, 0) is 6.54 Å². The van der Waals surface area contributed by atoms with Gasteiger partial charge in [0.15, 0.2) is 0 Å². The maximum absolute atomic E-state index is 8.93. The van der Waals surface area contributed by atoms with Gasteiger partial charge in [0.05, 0.1) is 17.9 Å². The van der Waals surface area contributed by atoms with Crippen molar-refractivity contribution in [1.82, 2.24) is 14.9 Å². The highest BCUT2D eigenvalue weighted by Gasteiger charge is 2.15. The fourth-order valence-corrected chi connectivity index (χ4v) is 1.74. The molecule has 0 bridgehead atoms. The lowest BCUT2D eigenvalue weighted by Gasteiger charge is -2.03. The fourth-order valence-electron chi connectivity index (χ4n) is 1.74. The first-order valence-corrected chi connectivity index (χ1v) is 5.19. The van der Waals surface area contributed by atoms with Crippen LogP contribution in [0.3, 0.4) is 0 Å². The maximum Gasteiger partial charge on any atom is 0.140 e. The molecule has 0 unspecified atom stereocenters. The van der Waals surface area contributed by atoms with Gasteiger partial charge in [-0.1, -0.05) is 5.16 Å². The van der Waals surface area contributed by atoms with E-state index in [9.17, 15) is 0 Å². The van der Waals surface area contributed by atoms with E-state index in [0.29, 0.717) is 23.6 Å². The number of nitrogen functional groups attached to an aromatic ring is 1. The Labute approximate surface area is 98.6 Å². The van der Waals surface area contributed by atoms with Crippen LogP contribution < -0.4 is 5.73 Å². The lowest BCUT2D eigenvalue weighted by Crippen LogP contribution is -2.07. The molecule has 0 aliphatic rings. The lowest BCUT2D eigenvalue weighted by molar-refractivity contribution is 0.392. The largest absolute Gasteiger partial charge is 0.383 e. The van der Waals surface area contributed by atoms with E-state index in [4.69, 9.17) is 15.5 Å². The van der Waals surface area contributed by atoms with Crippen molar-refractivity contribution in [3.05, 3.63) is 28.3 Å². The van der Waals surface area contributed by atoms with Gasteiger partial charge in [0.2, 0.25) is 0 Å². The van der Waals surface area contributed by atoms with Gasteiger partial charge in [-0.3, -0.25) is 0 Å². The van der Waals surface area contributed by atoms with Crippen LogP contribution in [0.2, 0.25) is 0 Å². The average Bonchev–Trinajstić information content (AvgIpc) is 2.73. The Bertz CT molecular complexity index is 583. The molecule has 6 nitrogen and oxygen atoms in total. The number of nitrogens with two attached hydrogens (primary N) is 1. The number of hydrogen-bond donors (Lipinski definition) is 1. The van der Waals surface area contributed by atoms with Crippen molar-refractivity contribution in [3.8, 4) is 6.07 Å². The summed E-state index contributed by atoms with van der Waals surface area (Å²) in [6.45, 7) is 5.94. The summed E-state index contributed by atoms with van der Waals surface area (Å²) in [6.07, 6.45) is 0. The van der Waals surface area contributed by atoms with Gasteiger partial charge in [0.25, 0.3) is 0 Å². The van der Waals surface area contributed by atoms with Crippen molar-refractivity contribution in [3.63, 3.8) is 0 Å². The molecule has 0 saturated carbocycles. The molecule has 0 radical (unpaired) electrons. The van der Waals surface area contributed by atoms with Crippen molar-refractivity contribution in [2.24, 2.45) is 0 Å². The Morgan fingerprint density at radius 1 is 1.35 bits per heavy atom. The van der Waals surface area contributed by atoms with Gasteiger partial charge in [0.1, 0.15) is 23.2 Å². The van der Waals surface area contributed by atoms with Crippen molar-refractivity contribution in [2.45, 2.75) is 27.3 Å². The Hall–Kier alpha value is -2.29. The first-order chi connectivity index (χ1) is 8.04. The zero-order valence-electron chi connectivity index (χ0n) is 9.98. The van der Waals surface area contributed by atoms with E-state index in [0.717, 1.165) is 17.0 Å². The quantitative estimate of drug-likeness (QED) is 0.840. The number of rotatable bonds is 2. The molecule has 2 N–H and O–H groups in total. The summed E-state index contributed by atoms with van der Waals surface area (Å²) in [5.74, 6) is 1.12. The molecule has 0 saturated heterocycles. The summed E-state index contributed by atoms with van der Waals surface area (Å²) in [7, 11) is 0. The highest BCUT2D eigenvalue weighted by Crippen LogP contribution is 2.19. The minimum absolute atomic E-state index is 0.380. The Morgan fingerprint density at radius 2 is 2.06 bits per heavy atom. The second-order valence-corrected chi connectivity index (χ2v) is 3.92. The number of aromatic nitrogens is 3. The van der Waals surface area contributed by atoms with Crippen molar-refractivity contribution in [1.29, 1.82) is 5.26 Å². The monoisotopic (exact) mass is 231 g/mol. The van der Waals surface area contributed by atoms with Crippen molar-refractivity contribution < 1.29 is 4.52 Å². The summed E-state index contributed by atoms with van der Waals surface area (Å²) in [4.78, 5) is 0. The highest BCUT2D eigenvalue weighted by atomic mass is 16.5. The van der Waals surface area contributed by atoms with E-state index in [2.05, 4.69) is 10.3 Å². The van der Waals surface area contributed by atoms with Crippen molar-refractivity contribution >= 4 is 5.82 Å². The predicted molar refractivity (Wildman–Crippen MR) is 61.2 cm³/mol. The zero-order chi connectivity index (χ0) is 12.6. The third kappa shape index (κ3) is 1.76. The van der Waals surface area contributed by atoms with Gasteiger partial charge in [-0.2, -0.15) is 10.4 Å². The molecule has 0 aromatic carbocycles. The van der Waals surface area contributed by atoms with E-state index in [-0.39, 0.29) is 0 Å². The molecule has 0 aliphatic carbocycles. The molecule has 0 spiro atoms. The third-order valence-electron chi connectivity index (χ3n) is 2.77. The molecule has 0 aliphatic heterocycles. The molecule has 2 rings (SSSR count). The Balaban J connectivity index is 2.41. The molecule has 17 heavy (non-hydrogen) atoms. The smallest absolute Gasteiger partial charge is 0.140 e. The first-order valence-electron chi connectivity index (χ1n) is 5.19. The molecule has 0 atom stereocenters. The molecule has 6 heteroatoms. The molecular formula is C11H13N5O. The first kappa shape index (κ1) is 11.2. The van der Waals surface area contributed by atoms with Crippen LogP contribution in [0.4, 0.5) is 5.82 Å². The van der Waals surface area contributed by atoms with Crippen LogP contribution >= 0.6 is 0 Å². The summed E-state index contributed by atoms with van der Waals surface area (Å²) in [5.41, 5.74) is 8.68. The molecule has 0 amide bonds. The van der Waals surface area contributed by atoms with E-state index in [1.165, 1.54) is 0 Å². The van der Waals surface area contributed by atoms with E-state index in [1.807, 2.05) is 19.9 Å². The van der Waals surface area contributed by atoms with E-state index < -0.39 is 0 Å². The van der Waals surface area contributed by atoms with E-state index >= 15 is 0 Å². The SMILES string of the molecule is Cc1nn(Cc2c(C)noc2C)c(N)c1C#N. The topological polar surface area (TPSA) is 93.7 Å². The van der Waals surface area contributed by atoms with Crippen LogP contribution in [0.5, 0.6) is 0 Å². The standard InChI is InChI=1S/C11H13N5O/c1-6-9(4-12)11(13)16(14-6)5-10-7(2)15-17-8(10)3/h5,13H2,1-3H3. The Morgan fingerprint density at radius 3 is 2.53 bits per heavy atom. The number of nitrogens with zero attached hydrogens (tertiary/aromatic N) is 4. The van der Waals surface area contributed by atoms with Gasteiger partial charge in [-0.15, -0.1) is 0 Å². The second kappa shape index (κ2) is 3.94. The third-order valence-corrected chi connectivity index (χ3v) is 2.77. The van der Waals surface area contributed by atoms with Gasteiger partial charge in [0, 0.05) is 5.56 Å². The maximum atomic E-state index is 8.93. The van der Waals surface area contributed by atoms with Crippen molar-refractivity contribution in [2.75, 3.05) is 5.73 Å². The average molecular weight is 231 g/mol. The minimum atomic E-state index is 0.380. The zero-order valence-corrected chi connectivity index (χ0v) is 9.98. The number of nitriles is 1. The van der Waals surface area contributed by atoms with E-state index in [1.54, 1.807) is 11.6 Å². The number of hydrogen-bond acceptors (Lipinski definition) is 5. The molecule has 88 valence electrons. The van der Waals surface area contributed by atoms with Crippen LogP contribution in [0.1, 0.15) is 28.3 Å². The van der Waals surface area contributed by atoms with Crippen LogP contribution in [0.15, 0.2) is 4.52 Å². The molecule has 2 heterocycles. The van der Waals surface area contributed by atoms with Gasteiger partial charge >= 0.3 is 0 Å². The van der Waals surface area contributed by atoms with Crippen LogP contribution in [0.25, 0.3) is 0 Å². The molecule has 0 fully saturated rings. The van der Waals surface area contributed by atoms with Gasteiger partial charge < -0.3 is 10.3 Å².